The van der Waals surface area contributed by atoms with Gasteiger partial charge in [0.25, 0.3) is 0 Å². The number of anilines is 1. The normalized spacial score (nSPS) is 17.8. The Hall–Kier alpha value is -0.730. The molecule has 1 aliphatic heterocycles. The van der Waals surface area contributed by atoms with Crippen LogP contribution in [0.1, 0.15) is 38.2 Å². The summed E-state index contributed by atoms with van der Waals surface area (Å²) in [6, 6.07) is 6.43. The van der Waals surface area contributed by atoms with Gasteiger partial charge in [-0.2, -0.15) is 0 Å². The second kappa shape index (κ2) is 6.44. The highest BCUT2D eigenvalue weighted by atomic mass is 35.5. The molecular weight excluding hydrogens is 244 g/mol. The van der Waals surface area contributed by atoms with Crippen LogP contribution in [0.5, 0.6) is 0 Å². The van der Waals surface area contributed by atoms with Gasteiger partial charge in [-0.25, -0.2) is 0 Å². The summed E-state index contributed by atoms with van der Waals surface area (Å²) in [7, 11) is 0. The fraction of sp³-hybridized carbons (Fsp3) is 0.600. The number of halogens is 1. The Labute approximate surface area is 115 Å². The van der Waals surface area contributed by atoms with Gasteiger partial charge in [-0.1, -0.05) is 30.7 Å². The zero-order valence-electron chi connectivity index (χ0n) is 11.2. The average Bonchev–Trinajstić information content (AvgIpc) is 2.40. The molecule has 1 heterocycles. The van der Waals surface area contributed by atoms with Crippen molar-refractivity contribution >= 4 is 17.3 Å². The third-order valence-electron chi connectivity index (χ3n) is 3.75. The van der Waals surface area contributed by atoms with Crippen LogP contribution in [0.15, 0.2) is 18.2 Å². The summed E-state index contributed by atoms with van der Waals surface area (Å²) in [6.45, 7) is 4.38. The maximum atomic E-state index is 6.41. The van der Waals surface area contributed by atoms with E-state index in [1.54, 1.807) is 0 Å². The van der Waals surface area contributed by atoms with Crippen molar-refractivity contribution in [2.24, 2.45) is 5.73 Å². The molecule has 0 radical (unpaired) electrons. The van der Waals surface area contributed by atoms with Gasteiger partial charge >= 0.3 is 0 Å². The van der Waals surface area contributed by atoms with Crippen molar-refractivity contribution in [3.05, 3.63) is 28.8 Å². The summed E-state index contributed by atoms with van der Waals surface area (Å²) in [5, 5.41) is 0.873. The number of benzene rings is 1. The third kappa shape index (κ3) is 3.18. The monoisotopic (exact) mass is 266 g/mol. The van der Waals surface area contributed by atoms with Crippen molar-refractivity contribution in [2.45, 2.75) is 45.1 Å². The second-order valence-corrected chi connectivity index (χ2v) is 5.57. The molecule has 2 nitrogen and oxygen atoms in total. The van der Waals surface area contributed by atoms with Crippen molar-refractivity contribution in [3.63, 3.8) is 0 Å². The zero-order chi connectivity index (χ0) is 13.0. The van der Waals surface area contributed by atoms with Gasteiger partial charge < -0.3 is 10.6 Å². The first-order valence-electron chi connectivity index (χ1n) is 7.00. The molecule has 2 rings (SSSR count). The van der Waals surface area contributed by atoms with E-state index in [1.165, 1.54) is 30.5 Å². The molecule has 0 aromatic heterocycles. The summed E-state index contributed by atoms with van der Waals surface area (Å²) in [4.78, 5) is 2.43. The topological polar surface area (TPSA) is 29.3 Å². The lowest BCUT2D eigenvalue weighted by Crippen LogP contribution is -2.31. The summed E-state index contributed by atoms with van der Waals surface area (Å²) < 4.78 is 0. The van der Waals surface area contributed by atoms with Gasteiger partial charge in [0.05, 0.1) is 10.7 Å². The van der Waals surface area contributed by atoms with Crippen LogP contribution in [0, 0.1) is 0 Å². The standard InChI is InChI=1S/C15H23ClN2/c1-2-13(17)11-12-7-6-8-14(16)15(12)18-9-4-3-5-10-18/h6-8,13H,2-5,9-11,17H2,1H3. The molecule has 1 aromatic rings. The predicted molar refractivity (Wildman–Crippen MR) is 79.5 cm³/mol. The number of hydrogen-bond acceptors (Lipinski definition) is 2. The molecule has 0 amide bonds. The van der Waals surface area contributed by atoms with Gasteiger partial charge in [-0.15, -0.1) is 0 Å². The largest absolute Gasteiger partial charge is 0.370 e. The van der Waals surface area contributed by atoms with Crippen molar-refractivity contribution in [2.75, 3.05) is 18.0 Å². The number of hydrogen-bond donors (Lipinski definition) is 1. The third-order valence-corrected chi connectivity index (χ3v) is 4.05. The lowest BCUT2D eigenvalue weighted by molar-refractivity contribution is 0.573. The fourth-order valence-electron chi connectivity index (χ4n) is 2.62. The highest BCUT2D eigenvalue weighted by Crippen LogP contribution is 2.32. The Morgan fingerprint density at radius 2 is 2.00 bits per heavy atom. The number of nitrogens with zero attached hydrogens (tertiary/aromatic N) is 1. The van der Waals surface area contributed by atoms with E-state index in [2.05, 4.69) is 17.9 Å². The molecule has 0 bridgehead atoms. The second-order valence-electron chi connectivity index (χ2n) is 5.17. The molecule has 0 spiro atoms. The van der Waals surface area contributed by atoms with E-state index < -0.39 is 0 Å². The van der Waals surface area contributed by atoms with E-state index in [0.29, 0.717) is 0 Å². The van der Waals surface area contributed by atoms with Crippen molar-refractivity contribution in [1.29, 1.82) is 0 Å². The Bertz CT molecular complexity index is 386. The minimum absolute atomic E-state index is 0.229. The molecule has 2 N–H and O–H groups in total. The maximum Gasteiger partial charge on any atom is 0.0642 e. The average molecular weight is 267 g/mol. The van der Waals surface area contributed by atoms with E-state index in [-0.39, 0.29) is 6.04 Å². The molecule has 0 aliphatic carbocycles. The molecular formula is C15H23ClN2. The van der Waals surface area contributed by atoms with Crippen LogP contribution in [0.25, 0.3) is 0 Å². The van der Waals surface area contributed by atoms with Gasteiger partial charge in [-0.3, -0.25) is 0 Å². The number of para-hydroxylation sites is 1. The number of piperidine rings is 1. The van der Waals surface area contributed by atoms with Crippen LogP contribution in [0.2, 0.25) is 5.02 Å². The van der Waals surface area contributed by atoms with Crippen molar-refractivity contribution < 1.29 is 0 Å². The molecule has 1 aliphatic rings. The molecule has 1 saturated heterocycles. The van der Waals surface area contributed by atoms with E-state index in [0.717, 1.165) is 31.0 Å². The number of nitrogens with two attached hydrogens (primary N) is 1. The van der Waals surface area contributed by atoms with Crippen LogP contribution >= 0.6 is 11.6 Å². The molecule has 1 atom stereocenters. The molecule has 1 unspecified atom stereocenters. The Morgan fingerprint density at radius 3 is 2.67 bits per heavy atom. The summed E-state index contributed by atoms with van der Waals surface area (Å²) in [6.07, 6.45) is 5.80. The highest BCUT2D eigenvalue weighted by molar-refractivity contribution is 6.33. The van der Waals surface area contributed by atoms with Gasteiger partial charge in [0, 0.05) is 19.1 Å². The van der Waals surface area contributed by atoms with E-state index >= 15 is 0 Å². The van der Waals surface area contributed by atoms with Crippen LogP contribution in [-0.2, 0) is 6.42 Å². The van der Waals surface area contributed by atoms with Gasteiger partial charge in [0.1, 0.15) is 0 Å². The van der Waals surface area contributed by atoms with Gasteiger partial charge in [0.15, 0.2) is 0 Å². The van der Waals surface area contributed by atoms with E-state index in [9.17, 15) is 0 Å². The first-order valence-corrected chi connectivity index (χ1v) is 7.38. The SMILES string of the molecule is CCC(N)Cc1cccc(Cl)c1N1CCCCC1. The van der Waals surface area contributed by atoms with Crippen LogP contribution in [0.4, 0.5) is 5.69 Å². The maximum absolute atomic E-state index is 6.41. The van der Waals surface area contributed by atoms with Crippen LogP contribution in [0.3, 0.4) is 0 Å². The Kier molecular flexibility index (Phi) is 4.90. The van der Waals surface area contributed by atoms with Crippen LogP contribution in [-0.4, -0.2) is 19.1 Å². The Morgan fingerprint density at radius 1 is 1.28 bits per heavy atom. The predicted octanol–water partition coefficient (Wildman–Crippen LogP) is 3.61. The van der Waals surface area contributed by atoms with E-state index in [1.807, 2.05) is 12.1 Å². The fourth-order valence-corrected chi connectivity index (χ4v) is 2.94. The summed E-state index contributed by atoms with van der Waals surface area (Å²) in [5.74, 6) is 0. The molecule has 100 valence electrons. The Balaban J connectivity index is 2.25. The summed E-state index contributed by atoms with van der Waals surface area (Å²) in [5.41, 5.74) is 8.62. The zero-order valence-corrected chi connectivity index (χ0v) is 11.9. The minimum atomic E-state index is 0.229. The smallest absolute Gasteiger partial charge is 0.0642 e. The molecule has 0 saturated carbocycles. The van der Waals surface area contributed by atoms with Gasteiger partial charge in [0.2, 0.25) is 0 Å². The molecule has 18 heavy (non-hydrogen) atoms. The van der Waals surface area contributed by atoms with Crippen molar-refractivity contribution in [1.82, 2.24) is 0 Å². The van der Waals surface area contributed by atoms with Crippen molar-refractivity contribution in [3.8, 4) is 0 Å². The molecule has 3 heteroatoms. The minimum Gasteiger partial charge on any atom is -0.370 e. The van der Waals surface area contributed by atoms with E-state index in [4.69, 9.17) is 17.3 Å². The summed E-state index contributed by atoms with van der Waals surface area (Å²) >= 11 is 6.41. The quantitative estimate of drug-likeness (QED) is 0.902. The first kappa shape index (κ1) is 13.7. The number of rotatable bonds is 4. The molecule has 1 aromatic carbocycles. The van der Waals surface area contributed by atoms with Gasteiger partial charge in [-0.05, 0) is 43.7 Å². The molecule has 1 fully saturated rings. The highest BCUT2D eigenvalue weighted by Gasteiger charge is 2.18. The lowest BCUT2D eigenvalue weighted by Gasteiger charge is -2.32. The first-order chi connectivity index (χ1) is 8.72. The lowest BCUT2D eigenvalue weighted by atomic mass is 10.0. The van der Waals surface area contributed by atoms with Crippen LogP contribution < -0.4 is 10.6 Å².